The maximum absolute atomic E-state index is 11.1. The summed E-state index contributed by atoms with van der Waals surface area (Å²) in [6.07, 6.45) is -0.758. The van der Waals surface area contributed by atoms with Gasteiger partial charge in [-0.25, -0.2) is 4.79 Å². The first-order valence-electron chi connectivity index (χ1n) is 5.68. The summed E-state index contributed by atoms with van der Waals surface area (Å²) in [4.78, 5) is 21.6. The number of carboxylic acid groups (broad SMARTS) is 1. The number of hydrogen-bond donors (Lipinski definition) is 4. The van der Waals surface area contributed by atoms with Crippen LogP contribution in [0.2, 0.25) is 5.02 Å². The van der Waals surface area contributed by atoms with Crippen LogP contribution in [-0.2, 0) is 11.2 Å². The van der Waals surface area contributed by atoms with Gasteiger partial charge in [0.25, 0.3) is 0 Å². The Kier molecular flexibility index (Phi) is 5.59. The van der Waals surface area contributed by atoms with E-state index in [1.54, 1.807) is 12.1 Å². The van der Waals surface area contributed by atoms with E-state index in [2.05, 4.69) is 0 Å². The van der Waals surface area contributed by atoms with Gasteiger partial charge in [0.15, 0.2) is 0 Å². The molecule has 0 saturated heterocycles. The quantitative estimate of drug-likeness (QED) is 0.616. The number of benzene rings is 1. The van der Waals surface area contributed by atoms with Crippen LogP contribution in [0.15, 0.2) is 24.3 Å². The van der Waals surface area contributed by atoms with Crippen LogP contribution < -0.4 is 16.8 Å². The zero-order valence-corrected chi connectivity index (χ0v) is 10.9. The van der Waals surface area contributed by atoms with E-state index in [4.69, 9.17) is 28.2 Å². The van der Waals surface area contributed by atoms with E-state index in [0.717, 1.165) is 5.56 Å². The fourth-order valence-corrected chi connectivity index (χ4v) is 1.94. The highest BCUT2D eigenvalue weighted by atomic mass is 35.5. The number of nitrogens with two attached hydrogens (primary N) is 2. The molecule has 1 rings (SSSR count). The molecular weight excluding hydrogens is 270 g/mol. The van der Waals surface area contributed by atoms with Crippen LogP contribution in [-0.4, -0.2) is 29.2 Å². The number of primary amides is 1. The van der Waals surface area contributed by atoms with Crippen molar-refractivity contribution in [3.05, 3.63) is 34.9 Å². The smallest absolute Gasteiger partial charge is 0.405 e. The fourth-order valence-electron chi connectivity index (χ4n) is 1.73. The molecule has 19 heavy (non-hydrogen) atoms. The molecule has 1 unspecified atom stereocenters. The molecule has 1 aromatic carbocycles. The van der Waals surface area contributed by atoms with Crippen molar-refractivity contribution in [2.45, 2.75) is 24.9 Å². The number of hydrogen-bond acceptors (Lipinski definition) is 3. The van der Waals surface area contributed by atoms with Gasteiger partial charge in [-0.2, -0.15) is 0 Å². The molecule has 0 spiro atoms. The zero-order chi connectivity index (χ0) is 14.4. The van der Waals surface area contributed by atoms with Crippen LogP contribution in [0, 0.1) is 0 Å². The molecule has 0 aliphatic rings. The third-order valence-corrected chi connectivity index (χ3v) is 2.99. The SMILES string of the molecule is NC(=O)C(C[C@H](N)Cc1ccccc1Cl)NC(=O)O. The van der Waals surface area contributed by atoms with Crippen molar-refractivity contribution in [2.75, 3.05) is 0 Å². The molecule has 0 aliphatic carbocycles. The minimum atomic E-state index is -1.31. The van der Waals surface area contributed by atoms with Crippen molar-refractivity contribution in [3.63, 3.8) is 0 Å². The van der Waals surface area contributed by atoms with Crippen molar-refractivity contribution in [3.8, 4) is 0 Å². The summed E-state index contributed by atoms with van der Waals surface area (Å²) in [5, 5.41) is 11.2. The van der Waals surface area contributed by atoms with Crippen molar-refractivity contribution < 1.29 is 14.7 Å². The highest BCUT2D eigenvalue weighted by molar-refractivity contribution is 6.31. The topological polar surface area (TPSA) is 118 Å². The molecule has 0 aromatic heterocycles. The maximum atomic E-state index is 11.1. The number of rotatable bonds is 6. The largest absolute Gasteiger partial charge is 0.465 e. The predicted molar refractivity (Wildman–Crippen MR) is 71.9 cm³/mol. The summed E-state index contributed by atoms with van der Waals surface area (Å²) < 4.78 is 0. The predicted octanol–water partition coefficient (Wildman–Crippen LogP) is 0.721. The van der Waals surface area contributed by atoms with Gasteiger partial charge < -0.3 is 21.9 Å². The van der Waals surface area contributed by atoms with E-state index in [9.17, 15) is 9.59 Å². The van der Waals surface area contributed by atoms with Gasteiger partial charge in [0.05, 0.1) is 0 Å². The Morgan fingerprint density at radius 3 is 2.53 bits per heavy atom. The zero-order valence-electron chi connectivity index (χ0n) is 10.2. The van der Waals surface area contributed by atoms with Crippen molar-refractivity contribution in [1.82, 2.24) is 5.32 Å². The molecule has 0 bridgehead atoms. The minimum absolute atomic E-state index is 0.118. The second-order valence-electron chi connectivity index (χ2n) is 4.20. The standard InChI is InChI=1S/C12H16ClN3O3/c13-9-4-2-1-3-7(9)5-8(14)6-10(11(15)17)16-12(18)19/h1-4,8,10,16H,5-6,14H2,(H2,15,17)(H,18,19)/t8-,10?/m1/s1. The monoisotopic (exact) mass is 285 g/mol. The van der Waals surface area contributed by atoms with Crippen LogP contribution in [0.4, 0.5) is 4.79 Å². The lowest BCUT2D eigenvalue weighted by atomic mass is 10.00. The van der Waals surface area contributed by atoms with E-state index in [1.807, 2.05) is 17.4 Å². The lowest BCUT2D eigenvalue weighted by Gasteiger charge is -2.18. The molecular formula is C12H16ClN3O3. The molecule has 0 aliphatic heterocycles. The molecule has 0 heterocycles. The molecule has 6 N–H and O–H groups in total. The van der Waals surface area contributed by atoms with Crippen LogP contribution in [0.25, 0.3) is 0 Å². The second-order valence-corrected chi connectivity index (χ2v) is 4.60. The first-order valence-corrected chi connectivity index (χ1v) is 6.05. The van der Waals surface area contributed by atoms with Gasteiger partial charge in [0.2, 0.25) is 5.91 Å². The summed E-state index contributed by atoms with van der Waals surface area (Å²) >= 11 is 5.99. The first kappa shape index (κ1) is 15.3. The van der Waals surface area contributed by atoms with Crippen LogP contribution >= 0.6 is 11.6 Å². The Morgan fingerprint density at radius 1 is 1.37 bits per heavy atom. The van der Waals surface area contributed by atoms with E-state index >= 15 is 0 Å². The third kappa shape index (κ3) is 5.15. The Morgan fingerprint density at radius 2 is 2.00 bits per heavy atom. The Bertz CT molecular complexity index is 467. The molecule has 6 nitrogen and oxygen atoms in total. The van der Waals surface area contributed by atoms with Gasteiger partial charge in [-0.05, 0) is 24.5 Å². The summed E-state index contributed by atoms with van der Waals surface area (Å²) in [5.74, 6) is -0.753. The van der Waals surface area contributed by atoms with E-state index in [-0.39, 0.29) is 6.42 Å². The van der Waals surface area contributed by atoms with Gasteiger partial charge in [-0.3, -0.25) is 4.79 Å². The Labute approximate surface area is 115 Å². The van der Waals surface area contributed by atoms with Crippen LogP contribution in [0.1, 0.15) is 12.0 Å². The van der Waals surface area contributed by atoms with Gasteiger partial charge in [0, 0.05) is 11.1 Å². The second kappa shape index (κ2) is 6.96. The van der Waals surface area contributed by atoms with Gasteiger partial charge in [-0.15, -0.1) is 0 Å². The third-order valence-electron chi connectivity index (χ3n) is 2.62. The van der Waals surface area contributed by atoms with Gasteiger partial charge >= 0.3 is 6.09 Å². The highest BCUT2D eigenvalue weighted by Crippen LogP contribution is 2.17. The van der Waals surface area contributed by atoms with E-state index in [1.165, 1.54) is 0 Å². The molecule has 1 aromatic rings. The summed E-state index contributed by atoms with van der Waals surface area (Å²) in [6.45, 7) is 0. The molecule has 0 radical (unpaired) electrons. The summed E-state index contributed by atoms with van der Waals surface area (Å²) in [5.41, 5.74) is 11.8. The lowest BCUT2D eigenvalue weighted by molar-refractivity contribution is -0.120. The molecule has 0 saturated carbocycles. The average molecular weight is 286 g/mol. The number of amides is 2. The average Bonchev–Trinajstić information content (AvgIpc) is 2.30. The Hall–Kier alpha value is -1.79. The van der Waals surface area contributed by atoms with Crippen LogP contribution in [0.5, 0.6) is 0 Å². The van der Waals surface area contributed by atoms with Crippen LogP contribution in [0.3, 0.4) is 0 Å². The first-order chi connectivity index (χ1) is 8.90. The molecule has 2 amide bonds. The fraction of sp³-hybridized carbons (Fsp3) is 0.333. The number of nitrogens with one attached hydrogen (secondary N) is 1. The lowest BCUT2D eigenvalue weighted by Crippen LogP contribution is -2.47. The van der Waals surface area contributed by atoms with Crippen molar-refractivity contribution in [1.29, 1.82) is 0 Å². The van der Waals surface area contributed by atoms with E-state index < -0.39 is 24.1 Å². The molecule has 2 atom stereocenters. The molecule has 104 valence electrons. The van der Waals surface area contributed by atoms with E-state index in [0.29, 0.717) is 11.4 Å². The Balaban J connectivity index is 2.62. The minimum Gasteiger partial charge on any atom is -0.465 e. The van der Waals surface area contributed by atoms with Gasteiger partial charge in [0.1, 0.15) is 6.04 Å². The number of carbonyl (C=O) groups excluding carboxylic acids is 1. The number of halogens is 1. The number of carbonyl (C=O) groups is 2. The molecule has 7 heteroatoms. The maximum Gasteiger partial charge on any atom is 0.405 e. The normalized spacial score (nSPS) is 13.6. The van der Waals surface area contributed by atoms with Crippen molar-refractivity contribution in [2.24, 2.45) is 11.5 Å². The summed E-state index contributed by atoms with van der Waals surface area (Å²) in [7, 11) is 0. The van der Waals surface area contributed by atoms with Gasteiger partial charge in [-0.1, -0.05) is 29.8 Å². The summed E-state index contributed by atoms with van der Waals surface area (Å²) in [6, 6.07) is 5.76. The molecule has 0 fully saturated rings. The van der Waals surface area contributed by atoms with Crippen molar-refractivity contribution >= 4 is 23.6 Å². The highest BCUT2D eigenvalue weighted by Gasteiger charge is 2.21.